The quantitative estimate of drug-likeness (QED) is 0.116. The largest absolute Gasteiger partial charge is 0.391 e. The molecule has 3 fully saturated rings. The third kappa shape index (κ3) is 6.65. The molecular weight excluding hydrogens is 580 g/mol. The molecule has 1 aromatic carbocycles. The van der Waals surface area contributed by atoms with Crippen molar-refractivity contribution >= 4 is 10.0 Å². The lowest BCUT2D eigenvalue weighted by Gasteiger charge is -2.49. The van der Waals surface area contributed by atoms with E-state index in [0.29, 0.717) is 0 Å². The van der Waals surface area contributed by atoms with Gasteiger partial charge in [0.05, 0.1) is 29.2 Å². The van der Waals surface area contributed by atoms with Crippen molar-refractivity contribution in [2.24, 2.45) is 17.2 Å². The Morgan fingerprint density at radius 1 is 1.02 bits per heavy atom. The maximum atomic E-state index is 13.1. The van der Waals surface area contributed by atoms with E-state index in [9.17, 15) is 39.1 Å². The highest BCUT2D eigenvalue weighted by Gasteiger charge is 2.57. The third-order valence-corrected chi connectivity index (χ3v) is 9.45. The number of hydrogen-bond donors (Lipinski definition) is 10. The highest BCUT2D eigenvalue weighted by Crippen LogP contribution is 2.36. The lowest BCUT2D eigenvalue weighted by atomic mass is 9.84. The molecule has 0 bridgehead atoms. The van der Waals surface area contributed by atoms with Crippen molar-refractivity contribution in [3.8, 4) is 0 Å². The van der Waals surface area contributed by atoms with E-state index in [0.717, 1.165) is 0 Å². The van der Waals surface area contributed by atoms with Crippen molar-refractivity contribution in [1.82, 2.24) is 4.72 Å². The van der Waals surface area contributed by atoms with Crippen LogP contribution in [0, 0.1) is 0 Å². The Morgan fingerprint density at radius 3 is 2.24 bits per heavy atom. The van der Waals surface area contributed by atoms with Gasteiger partial charge in [0, 0.05) is 12.1 Å². The van der Waals surface area contributed by atoms with Crippen LogP contribution in [0.15, 0.2) is 35.2 Å². The van der Waals surface area contributed by atoms with Gasteiger partial charge in [0.2, 0.25) is 15.8 Å². The summed E-state index contributed by atoms with van der Waals surface area (Å²) in [5, 5.41) is 64.3. The molecule has 0 spiro atoms. The van der Waals surface area contributed by atoms with Crippen LogP contribution >= 0.6 is 0 Å². The highest BCUT2D eigenvalue weighted by atomic mass is 32.2. The van der Waals surface area contributed by atoms with E-state index in [1.807, 2.05) is 0 Å². The van der Waals surface area contributed by atoms with Crippen molar-refractivity contribution in [3.05, 3.63) is 30.3 Å². The molecular formula is C25H42N4O12S. The van der Waals surface area contributed by atoms with Crippen molar-refractivity contribution in [3.63, 3.8) is 0 Å². The van der Waals surface area contributed by atoms with Crippen LogP contribution in [0.1, 0.15) is 20.3 Å². The van der Waals surface area contributed by atoms with Crippen LogP contribution < -0.4 is 21.9 Å². The highest BCUT2D eigenvalue weighted by molar-refractivity contribution is 7.89. The summed E-state index contributed by atoms with van der Waals surface area (Å²) in [6.07, 6.45) is -14.8. The van der Waals surface area contributed by atoms with E-state index in [4.69, 9.17) is 36.1 Å². The summed E-state index contributed by atoms with van der Waals surface area (Å²) in [5.74, 6) is -2.42. The van der Waals surface area contributed by atoms with Crippen LogP contribution in [0.25, 0.3) is 0 Å². The zero-order chi connectivity index (χ0) is 31.1. The van der Waals surface area contributed by atoms with Crippen molar-refractivity contribution in [1.29, 1.82) is 0 Å². The Bertz CT molecular complexity index is 1150. The molecule has 1 aromatic rings. The van der Waals surface area contributed by atoms with Gasteiger partial charge in [0.25, 0.3) is 0 Å². The summed E-state index contributed by atoms with van der Waals surface area (Å²) < 4.78 is 51.5. The Kier molecular flexibility index (Phi) is 10.3. The van der Waals surface area contributed by atoms with Gasteiger partial charge in [-0.3, -0.25) is 0 Å². The zero-order valence-electron chi connectivity index (χ0n) is 23.2. The minimum absolute atomic E-state index is 0.0714. The lowest BCUT2D eigenvalue weighted by Crippen LogP contribution is -2.70. The first kappa shape index (κ1) is 33.5. The first-order chi connectivity index (χ1) is 19.6. The normalized spacial score (nSPS) is 44.5. The molecule has 42 heavy (non-hydrogen) atoms. The first-order valence-corrected chi connectivity index (χ1v) is 15.1. The second-order valence-electron chi connectivity index (χ2n) is 11.3. The number of benzene rings is 1. The summed E-state index contributed by atoms with van der Waals surface area (Å²) in [7, 11) is -4.14. The van der Waals surface area contributed by atoms with Gasteiger partial charge in [-0.25, -0.2) is 13.1 Å². The number of aliphatic hydroxyl groups is 6. The Hall–Kier alpha value is -1.39. The molecule has 1 saturated carbocycles. The molecule has 240 valence electrons. The summed E-state index contributed by atoms with van der Waals surface area (Å²) in [5.41, 5.74) is 18.3. The van der Waals surface area contributed by atoms with Gasteiger partial charge in [0.15, 0.2) is 6.29 Å². The van der Waals surface area contributed by atoms with Crippen LogP contribution in [0.5, 0.6) is 0 Å². The average molecular weight is 623 g/mol. The Labute approximate surface area is 243 Å². The minimum Gasteiger partial charge on any atom is -0.391 e. The molecule has 17 heteroatoms. The molecule has 15 atom stereocenters. The number of aliphatic hydroxyl groups excluding tert-OH is 5. The molecule has 2 aliphatic heterocycles. The maximum Gasteiger partial charge on any atom is 0.240 e. The zero-order valence-corrected chi connectivity index (χ0v) is 24.0. The molecule has 1 aliphatic carbocycles. The molecule has 0 aromatic heterocycles. The number of hydrogen-bond acceptors (Lipinski definition) is 15. The van der Waals surface area contributed by atoms with Gasteiger partial charge >= 0.3 is 0 Å². The number of rotatable bonds is 9. The molecule has 0 amide bonds. The topological polar surface area (TPSA) is 283 Å². The maximum absolute atomic E-state index is 13.1. The molecule has 4 rings (SSSR count). The summed E-state index contributed by atoms with van der Waals surface area (Å²) in [6.45, 7) is 2.32. The fourth-order valence-electron chi connectivity index (χ4n) is 5.55. The van der Waals surface area contributed by atoms with Gasteiger partial charge in [-0.15, -0.1) is 0 Å². The van der Waals surface area contributed by atoms with E-state index < -0.39 is 108 Å². The fourth-order valence-corrected chi connectivity index (χ4v) is 6.83. The van der Waals surface area contributed by atoms with E-state index >= 15 is 0 Å². The monoisotopic (exact) mass is 622 g/mol. The van der Waals surface area contributed by atoms with E-state index in [1.54, 1.807) is 13.0 Å². The molecule has 0 radical (unpaired) electrons. The molecule has 13 N–H and O–H groups in total. The molecule has 8 unspecified atom stereocenters. The van der Waals surface area contributed by atoms with Crippen LogP contribution in [-0.2, 0) is 29.0 Å². The predicted octanol–water partition coefficient (Wildman–Crippen LogP) is -4.85. The van der Waals surface area contributed by atoms with Crippen LogP contribution in [0.3, 0.4) is 0 Å². The van der Waals surface area contributed by atoms with Crippen LogP contribution in [0.4, 0.5) is 0 Å². The van der Waals surface area contributed by atoms with E-state index in [1.165, 1.54) is 31.2 Å². The molecule has 16 nitrogen and oxygen atoms in total. The summed E-state index contributed by atoms with van der Waals surface area (Å²) in [4.78, 5) is -0.0714. The second kappa shape index (κ2) is 12.9. The minimum atomic E-state index is -4.14. The van der Waals surface area contributed by atoms with Gasteiger partial charge in [-0.05, 0) is 32.4 Å². The third-order valence-electron chi connectivity index (χ3n) is 7.95. The standard InChI is InChI=1S/C25H42N4O12S/c1-10(26)19-23(34)25(35,9-38-19)41-22-16(31)14(29-42(36,37)12-6-4-3-5-7-12)8-13(27)21(22)40-24-15(28)17(32)18(33)20(39-24)11(2)30/h3-7,10-11,13-24,29-35H,8-9,26-28H2,1-2H3/t10-,11+,13?,14+,15?,16?,17?,18-,19+,20?,21+,22?,23?,24+,25?/m0/s1. The van der Waals surface area contributed by atoms with Gasteiger partial charge in [-0.1, -0.05) is 18.2 Å². The number of ether oxygens (including phenoxy) is 4. The van der Waals surface area contributed by atoms with Crippen molar-refractivity contribution < 1.29 is 58.0 Å². The number of nitrogens with one attached hydrogen (secondary N) is 1. The molecule has 3 aliphatic rings. The van der Waals surface area contributed by atoms with Gasteiger partial charge < -0.3 is 66.8 Å². The Morgan fingerprint density at radius 2 is 1.67 bits per heavy atom. The Balaban J connectivity index is 1.64. The van der Waals surface area contributed by atoms with Crippen molar-refractivity contribution in [2.45, 2.75) is 116 Å². The van der Waals surface area contributed by atoms with Crippen LogP contribution in [-0.4, -0.2) is 137 Å². The molecule has 2 saturated heterocycles. The molecule has 2 heterocycles. The van der Waals surface area contributed by atoms with Crippen molar-refractivity contribution in [2.75, 3.05) is 6.61 Å². The van der Waals surface area contributed by atoms with Crippen LogP contribution in [0.2, 0.25) is 0 Å². The second-order valence-corrected chi connectivity index (χ2v) is 13.0. The van der Waals surface area contributed by atoms with Gasteiger partial charge in [0.1, 0.15) is 49.3 Å². The smallest absolute Gasteiger partial charge is 0.240 e. The van der Waals surface area contributed by atoms with E-state index in [-0.39, 0.29) is 11.3 Å². The number of nitrogens with two attached hydrogens (primary N) is 3. The lowest BCUT2D eigenvalue weighted by molar-refractivity contribution is -0.333. The van der Waals surface area contributed by atoms with E-state index in [2.05, 4.69) is 4.72 Å². The predicted molar refractivity (Wildman–Crippen MR) is 144 cm³/mol. The SMILES string of the molecule is C[C@H](N)[C@H]1OCC(O)(OC2C(O)[C@H](NS(=O)(=O)c3ccccc3)CC(N)[C@H]2O[C@H]2OC([C@@H](C)O)[C@@H](O)C(O)C2N)C1O. The van der Waals surface area contributed by atoms with Gasteiger partial charge in [-0.2, -0.15) is 0 Å². The summed E-state index contributed by atoms with van der Waals surface area (Å²) in [6, 6.07) is 3.00. The first-order valence-electron chi connectivity index (χ1n) is 13.6. The fraction of sp³-hybridized carbons (Fsp3) is 0.760. The average Bonchev–Trinajstić information content (AvgIpc) is 3.23. The summed E-state index contributed by atoms with van der Waals surface area (Å²) >= 11 is 0. The number of sulfonamides is 1.